The van der Waals surface area contributed by atoms with Gasteiger partial charge in [0.25, 0.3) is 0 Å². The van der Waals surface area contributed by atoms with Crippen molar-refractivity contribution in [1.82, 2.24) is 4.90 Å². The third-order valence-corrected chi connectivity index (χ3v) is 5.85. The van der Waals surface area contributed by atoms with Gasteiger partial charge >= 0.3 is 11.9 Å². The SMILES string of the molecule is CC(C)N(CC[C@H](c1ccccc1)c1cc(COC(=O)[C@H](O)[C@@H](O)C(=O)O)ccc1O)C(C)C. The maximum absolute atomic E-state index is 11.9. The summed E-state index contributed by atoms with van der Waals surface area (Å²) < 4.78 is 5.00. The Morgan fingerprint density at radius 3 is 2.12 bits per heavy atom. The van der Waals surface area contributed by atoms with E-state index in [1.165, 1.54) is 6.07 Å². The van der Waals surface area contributed by atoms with Gasteiger partial charge < -0.3 is 25.2 Å². The molecule has 2 aromatic carbocycles. The molecule has 0 bridgehead atoms. The molecule has 0 aromatic heterocycles. The molecule has 0 unspecified atom stereocenters. The standard InChI is InChI=1S/C26H35NO7/c1-16(2)27(17(3)4)13-12-20(19-8-6-5-7-9-19)21-14-18(10-11-22(21)28)15-34-26(33)24(30)23(29)25(31)32/h5-11,14,16-17,20,23-24,28-30H,12-13,15H2,1-4H3,(H,31,32)/t20-,23-,24-/m1/s1. The van der Waals surface area contributed by atoms with E-state index in [1.54, 1.807) is 12.1 Å². The molecule has 0 spiro atoms. The van der Waals surface area contributed by atoms with Gasteiger partial charge in [0.2, 0.25) is 0 Å². The minimum Gasteiger partial charge on any atom is -0.508 e. The molecule has 2 rings (SSSR count). The normalized spacial score (nSPS) is 14.3. The molecule has 0 aliphatic carbocycles. The molecule has 0 saturated heterocycles. The fraction of sp³-hybridized carbons (Fsp3) is 0.462. The molecular formula is C26H35NO7. The summed E-state index contributed by atoms with van der Waals surface area (Å²) in [5.41, 5.74) is 2.28. The van der Waals surface area contributed by atoms with Crippen LogP contribution in [-0.2, 0) is 20.9 Å². The van der Waals surface area contributed by atoms with Gasteiger partial charge in [0.1, 0.15) is 12.4 Å². The fourth-order valence-electron chi connectivity index (χ4n) is 4.05. The molecule has 0 fully saturated rings. The number of aliphatic hydroxyl groups excluding tert-OH is 2. The van der Waals surface area contributed by atoms with E-state index in [0.29, 0.717) is 23.2 Å². The Hall–Kier alpha value is -2.94. The number of phenols is 1. The zero-order valence-corrected chi connectivity index (χ0v) is 20.1. The van der Waals surface area contributed by atoms with Gasteiger partial charge in [0.15, 0.2) is 12.2 Å². The smallest absolute Gasteiger partial charge is 0.338 e. The third kappa shape index (κ3) is 7.28. The van der Waals surface area contributed by atoms with Gasteiger partial charge in [0, 0.05) is 23.6 Å². The number of carbonyl (C=O) groups excluding carboxylic acids is 1. The van der Waals surface area contributed by atoms with Crippen molar-refractivity contribution in [1.29, 1.82) is 0 Å². The van der Waals surface area contributed by atoms with Crippen LogP contribution in [0.25, 0.3) is 0 Å². The van der Waals surface area contributed by atoms with Crippen LogP contribution in [0.3, 0.4) is 0 Å². The minimum atomic E-state index is -2.27. The van der Waals surface area contributed by atoms with Crippen LogP contribution in [-0.4, -0.2) is 68.1 Å². The first-order valence-corrected chi connectivity index (χ1v) is 11.4. The maximum Gasteiger partial charge on any atom is 0.338 e. The highest BCUT2D eigenvalue weighted by molar-refractivity contribution is 5.84. The number of hydrogen-bond donors (Lipinski definition) is 4. The highest BCUT2D eigenvalue weighted by Crippen LogP contribution is 2.35. The molecule has 0 heterocycles. The van der Waals surface area contributed by atoms with Crippen LogP contribution in [0, 0.1) is 0 Å². The number of ether oxygens (including phenoxy) is 1. The number of benzene rings is 2. The summed E-state index contributed by atoms with van der Waals surface area (Å²) in [4.78, 5) is 25.1. The van der Waals surface area contributed by atoms with Crippen LogP contribution in [0.15, 0.2) is 48.5 Å². The van der Waals surface area contributed by atoms with E-state index in [0.717, 1.165) is 18.5 Å². The largest absolute Gasteiger partial charge is 0.508 e. The summed E-state index contributed by atoms with van der Waals surface area (Å²) in [5, 5.41) is 38.4. The Morgan fingerprint density at radius 1 is 0.941 bits per heavy atom. The third-order valence-electron chi connectivity index (χ3n) is 5.85. The second-order valence-corrected chi connectivity index (χ2v) is 8.91. The first-order chi connectivity index (χ1) is 16.0. The quantitative estimate of drug-likeness (QED) is 0.347. The van der Waals surface area contributed by atoms with Crippen molar-refractivity contribution in [3.63, 3.8) is 0 Å². The molecule has 186 valence electrons. The number of aromatic hydroxyl groups is 1. The number of aliphatic hydroxyl groups is 2. The van der Waals surface area contributed by atoms with E-state index in [-0.39, 0.29) is 18.3 Å². The summed E-state index contributed by atoms with van der Waals surface area (Å²) in [5.74, 6) is -2.96. The van der Waals surface area contributed by atoms with Gasteiger partial charge in [0.05, 0.1) is 0 Å². The van der Waals surface area contributed by atoms with E-state index >= 15 is 0 Å². The van der Waals surface area contributed by atoms with Crippen molar-refractivity contribution in [2.24, 2.45) is 0 Å². The average molecular weight is 474 g/mol. The van der Waals surface area contributed by atoms with Crippen molar-refractivity contribution < 1.29 is 34.8 Å². The predicted molar refractivity (Wildman–Crippen MR) is 127 cm³/mol. The average Bonchev–Trinajstić information content (AvgIpc) is 2.80. The van der Waals surface area contributed by atoms with Crippen molar-refractivity contribution in [2.45, 2.75) is 70.9 Å². The molecule has 8 nitrogen and oxygen atoms in total. The van der Waals surface area contributed by atoms with Gasteiger partial charge in [-0.2, -0.15) is 0 Å². The molecule has 0 aliphatic heterocycles. The highest BCUT2D eigenvalue weighted by atomic mass is 16.5. The van der Waals surface area contributed by atoms with Crippen molar-refractivity contribution in [3.05, 3.63) is 65.2 Å². The lowest BCUT2D eigenvalue weighted by Gasteiger charge is -2.32. The van der Waals surface area contributed by atoms with Crippen LogP contribution >= 0.6 is 0 Å². The fourth-order valence-corrected chi connectivity index (χ4v) is 4.05. The Labute approximate surface area is 200 Å². The number of aliphatic carboxylic acids is 1. The number of carbonyl (C=O) groups is 2. The molecule has 0 amide bonds. The van der Waals surface area contributed by atoms with Crippen molar-refractivity contribution in [3.8, 4) is 5.75 Å². The molecule has 4 N–H and O–H groups in total. The van der Waals surface area contributed by atoms with Crippen LogP contribution in [0.1, 0.15) is 56.7 Å². The number of carboxylic acid groups (broad SMARTS) is 1. The van der Waals surface area contributed by atoms with Crippen LogP contribution < -0.4 is 0 Å². The molecule has 0 radical (unpaired) electrons. The Morgan fingerprint density at radius 2 is 1.56 bits per heavy atom. The van der Waals surface area contributed by atoms with Crippen molar-refractivity contribution in [2.75, 3.05) is 6.54 Å². The van der Waals surface area contributed by atoms with E-state index in [2.05, 4.69) is 32.6 Å². The number of nitrogens with zero attached hydrogens (tertiary/aromatic N) is 1. The summed E-state index contributed by atoms with van der Waals surface area (Å²) in [6, 6.07) is 15.4. The number of phenolic OH excluding ortho intramolecular Hbond substituents is 1. The first-order valence-electron chi connectivity index (χ1n) is 11.4. The summed E-state index contributed by atoms with van der Waals surface area (Å²) in [6.07, 6.45) is -3.71. The lowest BCUT2D eigenvalue weighted by Crippen LogP contribution is -2.40. The van der Waals surface area contributed by atoms with Crippen molar-refractivity contribution >= 4 is 11.9 Å². The zero-order chi connectivity index (χ0) is 25.4. The monoisotopic (exact) mass is 473 g/mol. The molecule has 0 saturated carbocycles. The zero-order valence-electron chi connectivity index (χ0n) is 20.1. The lowest BCUT2D eigenvalue weighted by molar-refractivity contribution is -0.170. The highest BCUT2D eigenvalue weighted by Gasteiger charge is 2.31. The summed E-state index contributed by atoms with van der Waals surface area (Å²) >= 11 is 0. The van der Waals surface area contributed by atoms with Crippen LogP contribution in [0.4, 0.5) is 0 Å². The van der Waals surface area contributed by atoms with E-state index in [4.69, 9.17) is 9.84 Å². The molecule has 34 heavy (non-hydrogen) atoms. The maximum atomic E-state index is 11.9. The summed E-state index contributed by atoms with van der Waals surface area (Å²) in [6.45, 7) is 9.17. The molecule has 8 heteroatoms. The number of esters is 1. The van der Waals surface area contributed by atoms with Gasteiger partial charge in [-0.05, 0) is 63.9 Å². The minimum absolute atomic E-state index is 0.115. The Kier molecular flexibility index (Phi) is 10.0. The topological polar surface area (TPSA) is 128 Å². The molecule has 0 aliphatic rings. The molecular weight excluding hydrogens is 438 g/mol. The first kappa shape index (κ1) is 27.3. The van der Waals surface area contributed by atoms with Gasteiger partial charge in [-0.25, -0.2) is 9.59 Å². The second-order valence-electron chi connectivity index (χ2n) is 8.91. The number of rotatable bonds is 12. The predicted octanol–water partition coefficient (Wildman–Crippen LogP) is 2.88. The number of hydrogen-bond acceptors (Lipinski definition) is 7. The molecule has 2 aromatic rings. The molecule has 3 atom stereocenters. The van der Waals surface area contributed by atoms with E-state index < -0.39 is 24.1 Å². The van der Waals surface area contributed by atoms with Crippen LogP contribution in [0.5, 0.6) is 5.75 Å². The lowest BCUT2D eigenvalue weighted by atomic mass is 9.86. The van der Waals surface area contributed by atoms with E-state index in [1.807, 2.05) is 30.3 Å². The Balaban J connectivity index is 2.27. The summed E-state index contributed by atoms with van der Waals surface area (Å²) in [7, 11) is 0. The van der Waals surface area contributed by atoms with Gasteiger partial charge in [-0.3, -0.25) is 4.90 Å². The number of carboxylic acids is 1. The second kappa shape index (κ2) is 12.5. The van der Waals surface area contributed by atoms with Gasteiger partial charge in [-0.15, -0.1) is 0 Å². The van der Waals surface area contributed by atoms with Crippen LogP contribution in [0.2, 0.25) is 0 Å². The Bertz CT molecular complexity index is 937. The van der Waals surface area contributed by atoms with E-state index in [9.17, 15) is 24.9 Å². The van der Waals surface area contributed by atoms with Gasteiger partial charge in [-0.1, -0.05) is 36.4 Å².